The van der Waals surface area contributed by atoms with Crippen molar-refractivity contribution in [2.45, 2.75) is 26.4 Å². The van der Waals surface area contributed by atoms with Crippen molar-refractivity contribution in [1.29, 1.82) is 0 Å². The van der Waals surface area contributed by atoms with Crippen LogP contribution in [-0.4, -0.2) is 22.1 Å². The van der Waals surface area contributed by atoms with Crippen molar-refractivity contribution in [3.8, 4) is 5.75 Å². The number of aliphatic carboxylic acids is 1. The standard InChI is InChI=1S/C11H13NO5/c1-3-9(11(13)14)17-10-5-4-7(2)6-8(10)12(15)16/h4-6,9H,3H2,1-2H3,(H,13,14). The first-order valence-electron chi connectivity index (χ1n) is 5.10. The van der Waals surface area contributed by atoms with Gasteiger partial charge in [-0.1, -0.05) is 13.0 Å². The molecule has 1 N–H and O–H groups in total. The van der Waals surface area contributed by atoms with Crippen molar-refractivity contribution in [1.82, 2.24) is 0 Å². The minimum atomic E-state index is -1.14. The quantitative estimate of drug-likeness (QED) is 0.628. The summed E-state index contributed by atoms with van der Waals surface area (Å²) >= 11 is 0. The second-order valence-electron chi connectivity index (χ2n) is 3.58. The van der Waals surface area contributed by atoms with Crippen molar-refractivity contribution >= 4 is 11.7 Å². The van der Waals surface area contributed by atoms with Gasteiger partial charge in [-0.15, -0.1) is 0 Å². The zero-order chi connectivity index (χ0) is 13.0. The van der Waals surface area contributed by atoms with E-state index < -0.39 is 17.0 Å². The van der Waals surface area contributed by atoms with Crippen LogP contribution >= 0.6 is 0 Å². The summed E-state index contributed by atoms with van der Waals surface area (Å²) in [7, 11) is 0. The van der Waals surface area contributed by atoms with Gasteiger partial charge in [0.1, 0.15) is 0 Å². The highest BCUT2D eigenvalue weighted by atomic mass is 16.6. The molecule has 0 saturated carbocycles. The molecular weight excluding hydrogens is 226 g/mol. The molecule has 0 amide bonds. The van der Waals surface area contributed by atoms with Gasteiger partial charge in [-0.25, -0.2) is 4.79 Å². The number of nitro groups is 1. The summed E-state index contributed by atoms with van der Waals surface area (Å²) in [5.41, 5.74) is 0.497. The van der Waals surface area contributed by atoms with Crippen molar-refractivity contribution in [2.75, 3.05) is 0 Å². The summed E-state index contributed by atoms with van der Waals surface area (Å²) in [4.78, 5) is 21.0. The Morgan fingerprint density at radius 1 is 1.59 bits per heavy atom. The molecular formula is C11H13NO5. The Morgan fingerprint density at radius 3 is 2.71 bits per heavy atom. The van der Waals surface area contributed by atoms with Crippen LogP contribution in [0.3, 0.4) is 0 Å². The van der Waals surface area contributed by atoms with Crippen molar-refractivity contribution in [3.63, 3.8) is 0 Å². The number of hydrogen-bond donors (Lipinski definition) is 1. The van der Waals surface area contributed by atoms with E-state index in [1.54, 1.807) is 19.9 Å². The first-order valence-corrected chi connectivity index (χ1v) is 5.10. The number of nitro benzene ring substituents is 1. The maximum absolute atomic E-state index is 10.8. The maximum atomic E-state index is 10.8. The van der Waals surface area contributed by atoms with Crippen LogP contribution in [0.1, 0.15) is 18.9 Å². The average molecular weight is 239 g/mol. The van der Waals surface area contributed by atoms with Crippen LogP contribution in [0.5, 0.6) is 5.75 Å². The van der Waals surface area contributed by atoms with Gasteiger partial charge >= 0.3 is 11.7 Å². The van der Waals surface area contributed by atoms with Gasteiger partial charge in [0, 0.05) is 6.07 Å². The Hall–Kier alpha value is -2.11. The van der Waals surface area contributed by atoms with Crippen LogP contribution in [0.2, 0.25) is 0 Å². The number of aryl methyl sites for hydroxylation is 1. The highest BCUT2D eigenvalue weighted by Gasteiger charge is 2.22. The third kappa shape index (κ3) is 3.17. The molecule has 17 heavy (non-hydrogen) atoms. The number of rotatable bonds is 5. The monoisotopic (exact) mass is 239 g/mol. The van der Waals surface area contributed by atoms with Crippen LogP contribution in [0, 0.1) is 17.0 Å². The number of benzene rings is 1. The Kier molecular flexibility index (Phi) is 4.03. The fourth-order valence-electron chi connectivity index (χ4n) is 1.33. The molecule has 0 radical (unpaired) electrons. The number of hydrogen-bond acceptors (Lipinski definition) is 4. The molecule has 6 nitrogen and oxygen atoms in total. The molecule has 0 saturated heterocycles. The molecule has 1 atom stereocenters. The van der Waals surface area contributed by atoms with Gasteiger partial charge in [-0.3, -0.25) is 10.1 Å². The summed E-state index contributed by atoms with van der Waals surface area (Å²) in [5.74, 6) is -1.16. The highest BCUT2D eigenvalue weighted by molar-refractivity contribution is 5.73. The molecule has 1 rings (SSSR count). The van der Waals surface area contributed by atoms with Crippen molar-refractivity contribution in [2.24, 2.45) is 0 Å². The van der Waals surface area contributed by atoms with Crippen LogP contribution in [0.15, 0.2) is 18.2 Å². The first kappa shape index (κ1) is 13.0. The van der Waals surface area contributed by atoms with E-state index in [2.05, 4.69) is 0 Å². The van der Waals surface area contributed by atoms with Gasteiger partial charge < -0.3 is 9.84 Å². The lowest BCUT2D eigenvalue weighted by molar-refractivity contribution is -0.386. The third-order valence-electron chi connectivity index (χ3n) is 2.23. The number of nitrogens with zero attached hydrogens (tertiary/aromatic N) is 1. The maximum Gasteiger partial charge on any atom is 0.344 e. The minimum Gasteiger partial charge on any atom is -0.479 e. The van der Waals surface area contributed by atoms with Gasteiger partial charge in [-0.2, -0.15) is 0 Å². The number of carboxylic acid groups (broad SMARTS) is 1. The van der Waals surface area contributed by atoms with Gasteiger partial charge in [0.15, 0.2) is 11.9 Å². The summed E-state index contributed by atoms with van der Waals surface area (Å²) in [6.07, 6.45) is -0.836. The zero-order valence-corrected chi connectivity index (χ0v) is 9.54. The highest BCUT2D eigenvalue weighted by Crippen LogP contribution is 2.29. The van der Waals surface area contributed by atoms with Crippen molar-refractivity contribution in [3.05, 3.63) is 33.9 Å². The van der Waals surface area contributed by atoms with Crippen LogP contribution in [0.4, 0.5) is 5.69 Å². The van der Waals surface area contributed by atoms with Gasteiger partial charge in [0.05, 0.1) is 4.92 Å². The second kappa shape index (κ2) is 5.29. The van der Waals surface area contributed by atoms with E-state index in [1.165, 1.54) is 12.1 Å². The molecule has 0 aromatic heterocycles. The summed E-state index contributed by atoms with van der Waals surface area (Å²) in [6.45, 7) is 3.35. The van der Waals surface area contributed by atoms with Gasteiger partial charge in [0.25, 0.3) is 0 Å². The molecule has 1 aromatic carbocycles. The molecule has 6 heteroatoms. The van der Waals surface area contributed by atoms with Crippen molar-refractivity contribution < 1.29 is 19.6 Å². The number of carboxylic acids is 1. The molecule has 1 aromatic rings. The molecule has 92 valence electrons. The van der Waals surface area contributed by atoms with E-state index >= 15 is 0 Å². The molecule has 0 fully saturated rings. The molecule has 1 unspecified atom stereocenters. The zero-order valence-electron chi connectivity index (χ0n) is 9.54. The molecule has 0 spiro atoms. The van der Waals surface area contributed by atoms with Crippen LogP contribution in [0.25, 0.3) is 0 Å². The lowest BCUT2D eigenvalue weighted by Gasteiger charge is -2.13. The van der Waals surface area contributed by atoms with E-state index in [-0.39, 0.29) is 17.9 Å². The van der Waals surface area contributed by atoms with Gasteiger partial charge in [0.2, 0.25) is 0 Å². The predicted molar refractivity (Wildman–Crippen MR) is 60.2 cm³/mol. The minimum absolute atomic E-state index is 0.0187. The Morgan fingerprint density at radius 2 is 2.24 bits per heavy atom. The van der Waals surface area contributed by atoms with E-state index in [0.29, 0.717) is 5.56 Å². The fraction of sp³-hybridized carbons (Fsp3) is 0.364. The Labute approximate surface area is 98.0 Å². The number of carbonyl (C=O) groups is 1. The molecule has 0 aliphatic carbocycles. The van der Waals surface area contributed by atoms with E-state index in [0.717, 1.165) is 0 Å². The Balaban J connectivity index is 3.05. The normalized spacial score (nSPS) is 11.9. The lowest BCUT2D eigenvalue weighted by atomic mass is 10.2. The van der Waals surface area contributed by atoms with E-state index in [4.69, 9.17) is 9.84 Å². The van der Waals surface area contributed by atoms with Crippen LogP contribution in [-0.2, 0) is 4.79 Å². The van der Waals surface area contributed by atoms with Gasteiger partial charge in [-0.05, 0) is 25.0 Å². The summed E-state index contributed by atoms with van der Waals surface area (Å²) in [5, 5.41) is 19.6. The molecule has 0 aliphatic rings. The topological polar surface area (TPSA) is 89.7 Å². The summed E-state index contributed by atoms with van der Waals surface area (Å²) < 4.78 is 5.13. The smallest absolute Gasteiger partial charge is 0.344 e. The number of ether oxygens (including phenoxy) is 1. The SMILES string of the molecule is CCC(Oc1ccc(C)cc1[N+](=O)[O-])C(=O)O. The lowest BCUT2D eigenvalue weighted by Crippen LogP contribution is -2.26. The Bertz CT molecular complexity index is 443. The molecule has 0 bridgehead atoms. The average Bonchev–Trinajstić information content (AvgIpc) is 2.26. The summed E-state index contributed by atoms with van der Waals surface area (Å²) in [6, 6.07) is 4.40. The van der Waals surface area contributed by atoms with E-state index in [9.17, 15) is 14.9 Å². The molecule has 0 heterocycles. The van der Waals surface area contributed by atoms with E-state index in [1.807, 2.05) is 0 Å². The first-order chi connectivity index (χ1) is 7.95. The predicted octanol–water partition coefficient (Wildman–Crippen LogP) is 2.15. The van der Waals surface area contributed by atoms with Crippen LogP contribution < -0.4 is 4.74 Å². The molecule has 0 aliphatic heterocycles. The largest absolute Gasteiger partial charge is 0.479 e. The fourth-order valence-corrected chi connectivity index (χ4v) is 1.33. The third-order valence-corrected chi connectivity index (χ3v) is 2.23. The second-order valence-corrected chi connectivity index (χ2v) is 3.58.